The van der Waals surface area contributed by atoms with Crippen molar-refractivity contribution in [3.8, 4) is 0 Å². The summed E-state index contributed by atoms with van der Waals surface area (Å²) < 4.78 is 0. The Kier molecular flexibility index (Phi) is 5.95. The van der Waals surface area contributed by atoms with Gasteiger partial charge in [0.1, 0.15) is 0 Å². The minimum Gasteiger partial charge on any atom is -0.481 e. The minimum atomic E-state index is -1.16. The van der Waals surface area contributed by atoms with Gasteiger partial charge in [0.15, 0.2) is 0 Å². The van der Waals surface area contributed by atoms with E-state index in [9.17, 15) is 19.7 Å². The molecule has 7 nitrogen and oxygen atoms in total. The lowest BCUT2D eigenvalue weighted by molar-refractivity contribution is -0.384. The summed E-state index contributed by atoms with van der Waals surface area (Å²) in [6.45, 7) is 0. The molecule has 0 aliphatic heterocycles. The number of nitro groups is 1. The van der Waals surface area contributed by atoms with Gasteiger partial charge in [0.05, 0.1) is 27.4 Å². The topological polar surface area (TPSA) is 110 Å². The third-order valence-corrected chi connectivity index (χ3v) is 4.09. The molecule has 2 N–H and O–H groups in total. The van der Waals surface area contributed by atoms with Crippen molar-refractivity contribution in [2.75, 3.05) is 0 Å². The summed E-state index contributed by atoms with van der Waals surface area (Å²) in [5.74, 6) is -1.73. The van der Waals surface area contributed by atoms with Crippen molar-refractivity contribution in [2.24, 2.45) is 0 Å². The van der Waals surface area contributed by atoms with Gasteiger partial charge in [-0.1, -0.05) is 35.3 Å². The first kappa shape index (κ1) is 18.7. The lowest BCUT2D eigenvalue weighted by atomic mass is 10.0. The van der Waals surface area contributed by atoms with Crippen LogP contribution >= 0.6 is 23.2 Å². The molecular weight excluding hydrogens is 371 g/mol. The summed E-state index contributed by atoms with van der Waals surface area (Å²) >= 11 is 11.7. The number of non-ortho nitro benzene ring substituents is 1. The van der Waals surface area contributed by atoms with Crippen LogP contribution in [0.25, 0.3) is 0 Å². The van der Waals surface area contributed by atoms with Crippen molar-refractivity contribution < 1.29 is 19.6 Å². The number of hydrogen-bond donors (Lipinski definition) is 2. The Bertz CT molecular complexity index is 841. The van der Waals surface area contributed by atoms with Crippen LogP contribution < -0.4 is 5.32 Å². The molecular formula is C16H12Cl2N2O5. The molecule has 25 heavy (non-hydrogen) atoms. The third kappa shape index (κ3) is 4.91. The highest BCUT2D eigenvalue weighted by molar-refractivity contribution is 6.42. The first-order valence-corrected chi connectivity index (χ1v) is 7.75. The average molecular weight is 383 g/mol. The highest BCUT2D eigenvalue weighted by Crippen LogP contribution is 2.25. The van der Waals surface area contributed by atoms with E-state index in [1.54, 1.807) is 0 Å². The van der Waals surface area contributed by atoms with Gasteiger partial charge in [-0.15, -0.1) is 0 Å². The standard InChI is InChI=1S/C16H12Cl2N2O5/c17-12-5-4-10(7-13(12)18)16(23)19-14(8-15(21)22)9-2-1-3-11(6-9)20(24)25/h1-7,14H,8H2,(H,19,23)(H,21,22)/t14-/m1/s1. The molecule has 0 heterocycles. The first-order valence-electron chi connectivity index (χ1n) is 7.00. The fourth-order valence-electron chi connectivity index (χ4n) is 2.16. The molecule has 2 aromatic carbocycles. The van der Waals surface area contributed by atoms with E-state index in [-0.39, 0.29) is 21.3 Å². The van der Waals surface area contributed by atoms with Crippen molar-refractivity contribution in [3.05, 3.63) is 73.8 Å². The summed E-state index contributed by atoms with van der Waals surface area (Å²) in [5.41, 5.74) is 0.303. The molecule has 0 fully saturated rings. The number of hydrogen-bond acceptors (Lipinski definition) is 4. The second-order valence-corrected chi connectivity index (χ2v) is 5.92. The van der Waals surface area contributed by atoms with Gasteiger partial charge >= 0.3 is 5.97 Å². The summed E-state index contributed by atoms with van der Waals surface area (Å²) in [7, 11) is 0. The molecule has 0 saturated heterocycles. The van der Waals surface area contributed by atoms with E-state index in [0.717, 1.165) is 0 Å². The molecule has 0 spiro atoms. The van der Waals surface area contributed by atoms with Crippen molar-refractivity contribution in [1.82, 2.24) is 5.32 Å². The monoisotopic (exact) mass is 382 g/mol. The number of carbonyl (C=O) groups excluding carboxylic acids is 1. The Morgan fingerprint density at radius 1 is 1.16 bits per heavy atom. The van der Waals surface area contributed by atoms with Gasteiger partial charge in [-0.05, 0) is 23.8 Å². The Morgan fingerprint density at radius 3 is 2.48 bits per heavy atom. The molecule has 0 bridgehead atoms. The summed E-state index contributed by atoms with van der Waals surface area (Å²) in [6.07, 6.45) is -0.436. The highest BCUT2D eigenvalue weighted by Gasteiger charge is 2.21. The van der Waals surface area contributed by atoms with Crippen molar-refractivity contribution in [1.29, 1.82) is 0 Å². The van der Waals surface area contributed by atoms with Gasteiger partial charge in [-0.3, -0.25) is 19.7 Å². The zero-order valence-corrected chi connectivity index (χ0v) is 14.1. The van der Waals surface area contributed by atoms with Crippen molar-refractivity contribution in [3.63, 3.8) is 0 Å². The quantitative estimate of drug-likeness (QED) is 0.582. The lowest BCUT2D eigenvalue weighted by Crippen LogP contribution is -2.30. The number of aliphatic carboxylic acids is 1. The summed E-state index contributed by atoms with van der Waals surface area (Å²) in [6, 6.07) is 8.73. The molecule has 0 unspecified atom stereocenters. The third-order valence-electron chi connectivity index (χ3n) is 3.35. The van der Waals surface area contributed by atoms with Gasteiger partial charge in [-0.25, -0.2) is 0 Å². The SMILES string of the molecule is O=C(O)C[C@@H](NC(=O)c1ccc(Cl)c(Cl)c1)c1cccc([N+](=O)[O-])c1. The Hall–Kier alpha value is -2.64. The van der Waals surface area contributed by atoms with Gasteiger partial charge in [-0.2, -0.15) is 0 Å². The van der Waals surface area contributed by atoms with Crippen LogP contribution in [-0.2, 0) is 4.79 Å². The number of nitrogens with zero attached hydrogens (tertiary/aromatic N) is 1. The van der Waals surface area contributed by atoms with Crippen LogP contribution in [0.1, 0.15) is 28.4 Å². The molecule has 9 heteroatoms. The number of rotatable bonds is 6. The van der Waals surface area contributed by atoms with Crippen LogP contribution in [0.3, 0.4) is 0 Å². The van der Waals surface area contributed by atoms with Crippen LogP contribution in [0.2, 0.25) is 10.0 Å². The van der Waals surface area contributed by atoms with Crippen molar-refractivity contribution in [2.45, 2.75) is 12.5 Å². The highest BCUT2D eigenvalue weighted by atomic mass is 35.5. The molecule has 0 saturated carbocycles. The maximum absolute atomic E-state index is 12.4. The lowest BCUT2D eigenvalue weighted by Gasteiger charge is -2.17. The van der Waals surface area contributed by atoms with E-state index in [0.29, 0.717) is 5.56 Å². The van der Waals surface area contributed by atoms with E-state index in [2.05, 4.69) is 5.32 Å². The van der Waals surface area contributed by atoms with Crippen LogP contribution in [0.5, 0.6) is 0 Å². The predicted molar refractivity (Wildman–Crippen MR) is 92.0 cm³/mol. The van der Waals surface area contributed by atoms with Crippen LogP contribution in [-0.4, -0.2) is 21.9 Å². The molecule has 1 amide bonds. The van der Waals surface area contributed by atoms with E-state index in [4.69, 9.17) is 28.3 Å². The predicted octanol–water partition coefficient (Wildman–Crippen LogP) is 3.85. The Balaban J connectivity index is 2.29. The van der Waals surface area contributed by atoms with Crippen LogP contribution in [0.4, 0.5) is 5.69 Å². The molecule has 0 aliphatic carbocycles. The molecule has 0 radical (unpaired) electrons. The molecule has 1 atom stereocenters. The number of carboxylic acid groups (broad SMARTS) is 1. The number of halogens is 2. The van der Waals surface area contributed by atoms with Crippen molar-refractivity contribution >= 4 is 40.8 Å². The maximum atomic E-state index is 12.4. The first-order chi connectivity index (χ1) is 11.8. The average Bonchev–Trinajstić information content (AvgIpc) is 2.56. The smallest absolute Gasteiger partial charge is 0.305 e. The largest absolute Gasteiger partial charge is 0.481 e. The molecule has 130 valence electrons. The summed E-state index contributed by atoms with van der Waals surface area (Å²) in [5, 5.41) is 23.0. The van der Waals surface area contributed by atoms with Gasteiger partial charge in [0.25, 0.3) is 11.6 Å². The van der Waals surface area contributed by atoms with Gasteiger partial charge in [0.2, 0.25) is 0 Å². The van der Waals surface area contributed by atoms with Crippen LogP contribution in [0, 0.1) is 10.1 Å². The van der Waals surface area contributed by atoms with Crippen LogP contribution in [0.15, 0.2) is 42.5 Å². The van der Waals surface area contributed by atoms with E-state index in [1.807, 2.05) is 0 Å². The summed E-state index contributed by atoms with van der Waals surface area (Å²) in [4.78, 5) is 33.7. The molecule has 0 aromatic heterocycles. The number of amides is 1. The fraction of sp³-hybridized carbons (Fsp3) is 0.125. The number of nitro benzene ring substituents is 1. The second-order valence-electron chi connectivity index (χ2n) is 5.10. The van der Waals surface area contributed by atoms with E-state index >= 15 is 0 Å². The van der Waals surface area contributed by atoms with E-state index in [1.165, 1.54) is 42.5 Å². The minimum absolute atomic E-state index is 0.180. The maximum Gasteiger partial charge on any atom is 0.305 e. The van der Waals surface area contributed by atoms with Gasteiger partial charge < -0.3 is 10.4 Å². The molecule has 2 aromatic rings. The zero-order chi connectivity index (χ0) is 18.6. The number of benzene rings is 2. The van der Waals surface area contributed by atoms with Gasteiger partial charge in [0, 0.05) is 17.7 Å². The number of carbonyl (C=O) groups is 2. The molecule has 0 aliphatic rings. The second kappa shape index (κ2) is 7.96. The number of nitrogens with one attached hydrogen (secondary N) is 1. The normalized spacial score (nSPS) is 11.6. The Morgan fingerprint density at radius 2 is 1.88 bits per heavy atom. The fourth-order valence-corrected chi connectivity index (χ4v) is 2.46. The zero-order valence-electron chi connectivity index (χ0n) is 12.6. The van der Waals surface area contributed by atoms with E-state index < -0.39 is 29.3 Å². The number of carboxylic acids is 1. The Labute approximate surface area is 152 Å². The molecule has 2 rings (SSSR count).